The van der Waals surface area contributed by atoms with Crippen molar-refractivity contribution in [3.8, 4) is 0 Å². The number of hydrogen-bond acceptors (Lipinski definition) is 7. The van der Waals surface area contributed by atoms with Crippen molar-refractivity contribution in [1.82, 2.24) is 0 Å². The van der Waals surface area contributed by atoms with E-state index in [0.29, 0.717) is 46.2 Å². The number of nitrogens with two attached hydrogens (primary N) is 1. The molecule has 2 N–H and O–H groups in total. The van der Waals surface area contributed by atoms with E-state index >= 15 is 0 Å². The van der Waals surface area contributed by atoms with Crippen LogP contribution in [0.5, 0.6) is 0 Å². The van der Waals surface area contributed by atoms with Crippen LogP contribution in [0.3, 0.4) is 0 Å². The standard InChI is InChI=1S/C47H55NO6/c48-30-18-1-2-19-31-49-42-43(50-32-37-20-8-3-9-21-37)45(52-34-39-24-12-5-13-25-39)47(54-36-41-28-16-7-17-29-41)46(53-35-40-26-14-6-15-27-40)44(42)51-33-38-22-10-4-11-23-38/h3-17,20-29,42-47H,1-2,18-19,30-36,48H2/t42?,43-,44-,45-,46+,47?/m1/s1. The number of unbranched alkanes of at least 4 members (excludes halogenated alkanes) is 3. The van der Waals surface area contributed by atoms with Crippen LogP contribution < -0.4 is 5.73 Å². The van der Waals surface area contributed by atoms with Gasteiger partial charge in [-0.3, -0.25) is 0 Å². The van der Waals surface area contributed by atoms with Gasteiger partial charge in [-0.25, -0.2) is 0 Å². The second-order valence-corrected chi connectivity index (χ2v) is 13.8. The van der Waals surface area contributed by atoms with E-state index in [9.17, 15) is 0 Å². The van der Waals surface area contributed by atoms with Crippen LogP contribution >= 0.6 is 0 Å². The van der Waals surface area contributed by atoms with Crippen molar-refractivity contribution in [3.63, 3.8) is 0 Å². The Kier molecular flexibility index (Phi) is 16.3. The quantitative estimate of drug-likeness (QED) is 0.0714. The first-order valence-electron chi connectivity index (χ1n) is 19.4. The van der Waals surface area contributed by atoms with Crippen molar-refractivity contribution in [2.45, 2.75) is 95.3 Å². The second-order valence-electron chi connectivity index (χ2n) is 13.8. The lowest BCUT2D eigenvalue weighted by Gasteiger charge is -2.50. The molecule has 0 saturated heterocycles. The van der Waals surface area contributed by atoms with Gasteiger partial charge in [-0.2, -0.15) is 0 Å². The van der Waals surface area contributed by atoms with Crippen LogP contribution in [0, 0.1) is 0 Å². The summed E-state index contributed by atoms with van der Waals surface area (Å²) < 4.78 is 41.8. The summed E-state index contributed by atoms with van der Waals surface area (Å²) in [7, 11) is 0. The van der Waals surface area contributed by atoms with Crippen molar-refractivity contribution in [3.05, 3.63) is 179 Å². The summed E-state index contributed by atoms with van der Waals surface area (Å²) in [6.07, 6.45) is 0.690. The Morgan fingerprint density at radius 1 is 0.296 bits per heavy atom. The molecule has 0 spiro atoms. The maximum absolute atomic E-state index is 6.98. The third kappa shape index (κ3) is 12.2. The van der Waals surface area contributed by atoms with Crippen LogP contribution in [0.4, 0.5) is 0 Å². The molecule has 1 saturated carbocycles. The fourth-order valence-electron chi connectivity index (χ4n) is 6.91. The van der Waals surface area contributed by atoms with Gasteiger partial charge in [-0.1, -0.05) is 165 Å². The monoisotopic (exact) mass is 729 g/mol. The van der Waals surface area contributed by atoms with E-state index in [0.717, 1.165) is 53.5 Å². The lowest BCUT2D eigenvalue weighted by Crippen LogP contribution is -2.67. The summed E-state index contributed by atoms with van der Waals surface area (Å²) in [5.74, 6) is 0. The van der Waals surface area contributed by atoms with E-state index in [4.69, 9.17) is 34.2 Å². The van der Waals surface area contributed by atoms with Gasteiger partial charge in [0.05, 0.1) is 33.0 Å². The summed E-state index contributed by atoms with van der Waals surface area (Å²) in [5.41, 5.74) is 11.1. The van der Waals surface area contributed by atoms with Gasteiger partial charge >= 0.3 is 0 Å². The van der Waals surface area contributed by atoms with E-state index in [1.165, 1.54) is 0 Å². The summed E-state index contributed by atoms with van der Waals surface area (Å²) in [5, 5.41) is 0. The fourth-order valence-corrected chi connectivity index (χ4v) is 6.91. The molecule has 0 radical (unpaired) electrons. The molecule has 0 aromatic heterocycles. The first-order valence-corrected chi connectivity index (χ1v) is 19.4. The minimum atomic E-state index is -0.566. The average Bonchev–Trinajstić information content (AvgIpc) is 3.23. The second kappa shape index (κ2) is 22.3. The van der Waals surface area contributed by atoms with Crippen LogP contribution in [0.25, 0.3) is 0 Å². The van der Waals surface area contributed by atoms with Gasteiger partial charge in [-0.15, -0.1) is 0 Å². The van der Waals surface area contributed by atoms with Crippen molar-refractivity contribution < 1.29 is 28.4 Å². The normalized spacial score (nSPS) is 21.2. The highest BCUT2D eigenvalue weighted by molar-refractivity contribution is 5.18. The summed E-state index contributed by atoms with van der Waals surface area (Å²) >= 11 is 0. The maximum atomic E-state index is 6.98. The number of rotatable bonds is 22. The molecule has 6 rings (SSSR count). The van der Waals surface area contributed by atoms with E-state index in [2.05, 4.69) is 60.7 Å². The molecule has 0 aliphatic heterocycles. The Balaban J connectivity index is 1.39. The number of hydrogen-bond donors (Lipinski definition) is 1. The topological polar surface area (TPSA) is 81.4 Å². The predicted molar refractivity (Wildman–Crippen MR) is 212 cm³/mol. The lowest BCUT2D eigenvalue weighted by molar-refractivity contribution is -0.290. The summed E-state index contributed by atoms with van der Waals surface area (Å²) in [4.78, 5) is 0. The van der Waals surface area contributed by atoms with Gasteiger partial charge in [0.25, 0.3) is 0 Å². The minimum Gasteiger partial charge on any atom is -0.373 e. The van der Waals surface area contributed by atoms with Gasteiger partial charge in [-0.05, 0) is 47.2 Å². The largest absolute Gasteiger partial charge is 0.373 e. The Bertz CT molecular complexity index is 1600. The molecule has 6 atom stereocenters. The van der Waals surface area contributed by atoms with E-state index in [1.807, 2.05) is 91.0 Å². The highest BCUT2D eigenvalue weighted by Gasteiger charge is 2.55. The SMILES string of the molecule is NCCCCCCOC1[C@@H](OCc2ccccc2)[C@H](OCc2ccccc2)C(OCc2ccccc2)[C@H](OCc2ccccc2)[C@@H]1OCc1ccccc1. The van der Waals surface area contributed by atoms with Crippen LogP contribution in [0.15, 0.2) is 152 Å². The zero-order valence-electron chi connectivity index (χ0n) is 31.2. The molecule has 5 aromatic carbocycles. The summed E-state index contributed by atoms with van der Waals surface area (Å²) in [6, 6.07) is 51.1. The van der Waals surface area contributed by atoms with Crippen LogP contribution in [-0.2, 0) is 61.5 Å². The van der Waals surface area contributed by atoms with Crippen LogP contribution in [0.1, 0.15) is 53.5 Å². The zero-order chi connectivity index (χ0) is 37.0. The van der Waals surface area contributed by atoms with Crippen molar-refractivity contribution >= 4 is 0 Å². The van der Waals surface area contributed by atoms with Crippen molar-refractivity contribution in [2.75, 3.05) is 13.2 Å². The van der Waals surface area contributed by atoms with Gasteiger partial charge in [0.15, 0.2) is 0 Å². The van der Waals surface area contributed by atoms with Gasteiger partial charge in [0.1, 0.15) is 36.6 Å². The molecule has 1 fully saturated rings. The zero-order valence-corrected chi connectivity index (χ0v) is 31.2. The van der Waals surface area contributed by atoms with Crippen molar-refractivity contribution in [1.29, 1.82) is 0 Å². The first-order chi connectivity index (χ1) is 26.8. The molecule has 0 heterocycles. The predicted octanol–water partition coefficient (Wildman–Crippen LogP) is 8.83. The Labute approximate surface area is 321 Å². The van der Waals surface area contributed by atoms with Gasteiger partial charge < -0.3 is 34.2 Å². The lowest BCUT2D eigenvalue weighted by atomic mass is 9.83. The van der Waals surface area contributed by atoms with Gasteiger partial charge in [0.2, 0.25) is 0 Å². The molecule has 54 heavy (non-hydrogen) atoms. The number of ether oxygens (including phenoxy) is 6. The van der Waals surface area contributed by atoms with Crippen molar-refractivity contribution in [2.24, 2.45) is 5.73 Å². The molecule has 0 amide bonds. The van der Waals surface area contributed by atoms with Crippen LogP contribution in [0.2, 0.25) is 0 Å². The Morgan fingerprint density at radius 2 is 0.537 bits per heavy atom. The molecule has 1 aliphatic rings. The van der Waals surface area contributed by atoms with E-state index in [-0.39, 0.29) is 0 Å². The first kappa shape index (κ1) is 39.5. The Hall–Kier alpha value is -4.18. The highest BCUT2D eigenvalue weighted by atomic mass is 16.6. The van der Waals surface area contributed by atoms with E-state index in [1.54, 1.807) is 0 Å². The minimum absolute atomic E-state index is 0.366. The third-order valence-electron chi connectivity index (χ3n) is 9.78. The molecule has 1 aliphatic carbocycles. The molecular formula is C47H55NO6. The smallest absolute Gasteiger partial charge is 0.116 e. The number of benzene rings is 5. The molecule has 7 nitrogen and oxygen atoms in total. The maximum Gasteiger partial charge on any atom is 0.116 e. The molecule has 5 aromatic rings. The summed E-state index contributed by atoms with van der Waals surface area (Å²) in [6.45, 7) is 3.09. The highest BCUT2D eigenvalue weighted by Crippen LogP contribution is 2.36. The fraction of sp³-hybridized carbons (Fsp3) is 0.362. The van der Waals surface area contributed by atoms with Gasteiger partial charge in [0, 0.05) is 6.61 Å². The molecule has 284 valence electrons. The van der Waals surface area contributed by atoms with Crippen LogP contribution in [-0.4, -0.2) is 49.8 Å². The molecule has 7 heteroatoms. The molecule has 0 bridgehead atoms. The molecular weight excluding hydrogens is 675 g/mol. The third-order valence-corrected chi connectivity index (χ3v) is 9.78. The molecule has 2 unspecified atom stereocenters. The average molecular weight is 730 g/mol. The van der Waals surface area contributed by atoms with E-state index < -0.39 is 36.6 Å². The Morgan fingerprint density at radius 3 is 0.796 bits per heavy atom.